The number of nitrogens with zero attached hydrogens (tertiary/aromatic N) is 1. The second-order valence-corrected chi connectivity index (χ2v) is 5.64. The SMILES string of the molecule is Cc1cccc(CNC(=O)NC2(CC(=O)O)CCCC2)n1. The molecule has 1 saturated carbocycles. The van der Waals surface area contributed by atoms with Gasteiger partial charge in [-0.05, 0) is 31.9 Å². The average Bonchev–Trinajstić information content (AvgIpc) is 2.83. The quantitative estimate of drug-likeness (QED) is 0.773. The summed E-state index contributed by atoms with van der Waals surface area (Å²) in [6, 6.07) is 5.29. The molecule has 114 valence electrons. The second-order valence-electron chi connectivity index (χ2n) is 5.64. The number of aryl methyl sites for hydroxylation is 1. The molecular formula is C15H21N3O3. The Labute approximate surface area is 124 Å². The lowest BCUT2D eigenvalue weighted by Gasteiger charge is -2.28. The molecule has 0 spiro atoms. The number of hydrogen-bond donors (Lipinski definition) is 3. The standard InChI is InChI=1S/C15H21N3O3/c1-11-5-4-6-12(17-11)10-16-14(21)18-15(9-13(19)20)7-2-3-8-15/h4-6H,2-3,7-10H2,1H3,(H,19,20)(H2,16,18,21). The van der Waals surface area contributed by atoms with Crippen LogP contribution in [0.4, 0.5) is 4.79 Å². The predicted octanol–water partition coefficient (Wildman–Crippen LogP) is 1.98. The van der Waals surface area contributed by atoms with E-state index in [1.54, 1.807) is 0 Å². The molecule has 6 nitrogen and oxygen atoms in total. The summed E-state index contributed by atoms with van der Waals surface area (Å²) in [7, 11) is 0. The van der Waals surface area contributed by atoms with Crippen LogP contribution in [0, 0.1) is 6.92 Å². The number of amides is 2. The van der Waals surface area contributed by atoms with Crippen LogP contribution in [0.2, 0.25) is 0 Å². The van der Waals surface area contributed by atoms with Crippen molar-refractivity contribution >= 4 is 12.0 Å². The first-order valence-corrected chi connectivity index (χ1v) is 7.19. The number of aliphatic carboxylic acids is 1. The van der Waals surface area contributed by atoms with Crippen LogP contribution in [-0.4, -0.2) is 27.6 Å². The van der Waals surface area contributed by atoms with Crippen molar-refractivity contribution in [2.75, 3.05) is 0 Å². The number of pyridine rings is 1. The smallest absolute Gasteiger partial charge is 0.315 e. The highest BCUT2D eigenvalue weighted by Gasteiger charge is 2.37. The lowest BCUT2D eigenvalue weighted by molar-refractivity contribution is -0.138. The molecule has 6 heteroatoms. The van der Waals surface area contributed by atoms with Crippen LogP contribution in [0.25, 0.3) is 0 Å². The lowest BCUT2D eigenvalue weighted by Crippen LogP contribution is -2.51. The van der Waals surface area contributed by atoms with Crippen LogP contribution in [0.1, 0.15) is 43.5 Å². The molecule has 0 saturated heterocycles. The van der Waals surface area contributed by atoms with Gasteiger partial charge in [-0.3, -0.25) is 9.78 Å². The van der Waals surface area contributed by atoms with Gasteiger partial charge in [0.2, 0.25) is 0 Å². The molecule has 1 aliphatic carbocycles. The topological polar surface area (TPSA) is 91.3 Å². The summed E-state index contributed by atoms with van der Waals surface area (Å²) in [4.78, 5) is 27.3. The normalized spacial score (nSPS) is 16.4. The molecule has 0 bridgehead atoms. The van der Waals surface area contributed by atoms with Crippen LogP contribution in [0.5, 0.6) is 0 Å². The molecule has 1 aromatic rings. The number of carboxylic acid groups (broad SMARTS) is 1. The Morgan fingerprint density at radius 3 is 2.67 bits per heavy atom. The van der Waals surface area contributed by atoms with E-state index in [4.69, 9.17) is 5.11 Å². The van der Waals surface area contributed by atoms with E-state index >= 15 is 0 Å². The Bertz CT molecular complexity index is 525. The Hall–Kier alpha value is -2.11. The Kier molecular flexibility index (Phi) is 4.77. The molecular weight excluding hydrogens is 270 g/mol. The Morgan fingerprint density at radius 1 is 1.33 bits per heavy atom. The fourth-order valence-electron chi connectivity index (χ4n) is 2.84. The highest BCUT2D eigenvalue weighted by molar-refractivity contribution is 5.76. The van der Waals surface area contributed by atoms with E-state index in [1.807, 2.05) is 25.1 Å². The van der Waals surface area contributed by atoms with Gasteiger partial charge in [-0.15, -0.1) is 0 Å². The largest absolute Gasteiger partial charge is 0.481 e. The van der Waals surface area contributed by atoms with Crippen molar-refractivity contribution < 1.29 is 14.7 Å². The number of carbonyl (C=O) groups is 2. The number of hydrogen-bond acceptors (Lipinski definition) is 3. The van der Waals surface area contributed by atoms with Gasteiger partial charge in [-0.1, -0.05) is 18.9 Å². The number of carboxylic acids is 1. The van der Waals surface area contributed by atoms with Crippen LogP contribution in [0.15, 0.2) is 18.2 Å². The number of rotatable bonds is 5. The Morgan fingerprint density at radius 2 is 2.05 bits per heavy atom. The van der Waals surface area contributed by atoms with Crippen molar-refractivity contribution in [3.8, 4) is 0 Å². The zero-order chi connectivity index (χ0) is 15.3. The van der Waals surface area contributed by atoms with Crippen LogP contribution in [-0.2, 0) is 11.3 Å². The first-order chi connectivity index (χ1) is 9.99. The fourth-order valence-corrected chi connectivity index (χ4v) is 2.84. The molecule has 1 heterocycles. The molecule has 3 N–H and O–H groups in total. The van der Waals surface area contributed by atoms with Crippen molar-refractivity contribution in [1.82, 2.24) is 15.6 Å². The van der Waals surface area contributed by atoms with Gasteiger partial charge >= 0.3 is 12.0 Å². The van der Waals surface area contributed by atoms with Gasteiger partial charge in [0.25, 0.3) is 0 Å². The molecule has 0 atom stereocenters. The summed E-state index contributed by atoms with van der Waals surface area (Å²) >= 11 is 0. The number of aromatic nitrogens is 1. The molecule has 2 rings (SSSR count). The first kappa shape index (κ1) is 15.3. The zero-order valence-corrected chi connectivity index (χ0v) is 12.2. The summed E-state index contributed by atoms with van der Waals surface area (Å²) in [6.45, 7) is 2.22. The second kappa shape index (κ2) is 6.56. The van der Waals surface area contributed by atoms with Crippen molar-refractivity contribution in [1.29, 1.82) is 0 Å². The van der Waals surface area contributed by atoms with Crippen LogP contribution in [0.3, 0.4) is 0 Å². The summed E-state index contributed by atoms with van der Waals surface area (Å²) in [5.74, 6) is -0.877. The summed E-state index contributed by atoms with van der Waals surface area (Å²) in [5.41, 5.74) is 1.08. The highest BCUT2D eigenvalue weighted by atomic mass is 16.4. The lowest BCUT2D eigenvalue weighted by atomic mass is 9.93. The van der Waals surface area contributed by atoms with E-state index in [0.29, 0.717) is 6.54 Å². The summed E-state index contributed by atoms with van der Waals surface area (Å²) < 4.78 is 0. The number of carbonyl (C=O) groups excluding carboxylic acids is 1. The molecule has 21 heavy (non-hydrogen) atoms. The molecule has 1 fully saturated rings. The summed E-state index contributed by atoms with van der Waals surface area (Å²) in [5, 5.41) is 14.6. The third-order valence-electron chi connectivity index (χ3n) is 3.81. The minimum absolute atomic E-state index is 0.0247. The maximum atomic E-state index is 12.0. The molecule has 0 unspecified atom stereocenters. The molecule has 0 aliphatic heterocycles. The summed E-state index contributed by atoms with van der Waals surface area (Å²) in [6.07, 6.45) is 3.31. The molecule has 1 aliphatic rings. The average molecular weight is 291 g/mol. The van der Waals surface area contributed by atoms with E-state index < -0.39 is 11.5 Å². The van der Waals surface area contributed by atoms with Gasteiger partial charge in [0.05, 0.1) is 24.2 Å². The highest BCUT2D eigenvalue weighted by Crippen LogP contribution is 2.32. The molecule has 2 amide bonds. The predicted molar refractivity (Wildman–Crippen MR) is 77.8 cm³/mol. The molecule has 1 aromatic heterocycles. The first-order valence-electron chi connectivity index (χ1n) is 7.19. The maximum absolute atomic E-state index is 12.0. The van der Waals surface area contributed by atoms with Crippen molar-refractivity contribution in [2.45, 2.75) is 51.1 Å². The fraction of sp³-hybridized carbons (Fsp3) is 0.533. The Balaban J connectivity index is 1.89. The maximum Gasteiger partial charge on any atom is 0.315 e. The number of nitrogens with one attached hydrogen (secondary N) is 2. The van der Waals surface area contributed by atoms with Crippen molar-refractivity contribution in [2.24, 2.45) is 0 Å². The van der Waals surface area contributed by atoms with Gasteiger partial charge in [0, 0.05) is 5.69 Å². The molecule has 0 aromatic carbocycles. The third-order valence-corrected chi connectivity index (χ3v) is 3.81. The number of urea groups is 1. The monoisotopic (exact) mass is 291 g/mol. The van der Waals surface area contributed by atoms with E-state index in [1.165, 1.54) is 0 Å². The van der Waals surface area contributed by atoms with Gasteiger partial charge in [0.1, 0.15) is 0 Å². The third kappa shape index (κ3) is 4.44. The van der Waals surface area contributed by atoms with Gasteiger partial charge in [-0.2, -0.15) is 0 Å². The van der Waals surface area contributed by atoms with E-state index in [9.17, 15) is 9.59 Å². The van der Waals surface area contributed by atoms with E-state index in [-0.39, 0.29) is 12.5 Å². The van der Waals surface area contributed by atoms with Crippen LogP contribution < -0.4 is 10.6 Å². The van der Waals surface area contributed by atoms with Gasteiger partial charge < -0.3 is 15.7 Å². The van der Waals surface area contributed by atoms with Crippen molar-refractivity contribution in [3.63, 3.8) is 0 Å². The van der Waals surface area contributed by atoms with Crippen LogP contribution >= 0.6 is 0 Å². The van der Waals surface area contributed by atoms with E-state index in [2.05, 4.69) is 15.6 Å². The van der Waals surface area contributed by atoms with Crippen molar-refractivity contribution in [3.05, 3.63) is 29.6 Å². The molecule has 0 radical (unpaired) electrons. The zero-order valence-electron chi connectivity index (χ0n) is 12.2. The van der Waals surface area contributed by atoms with E-state index in [0.717, 1.165) is 37.1 Å². The van der Waals surface area contributed by atoms with Gasteiger partial charge in [-0.25, -0.2) is 4.79 Å². The minimum atomic E-state index is -0.877. The van der Waals surface area contributed by atoms with Gasteiger partial charge in [0.15, 0.2) is 0 Å². The minimum Gasteiger partial charge on any atom is -0.481 e.